The predicted molar refractivity (Wildman–Crippen MR) is 98.6 cm³/mol. The number of ether oxygens (including phenoxy) is 1. The van der Waals surface area contributed by atoms with Crippen molar-refractivity contribution >= 4 is 29.9 Å². The summed E-state index contributed by atoms with van der Waals surface area (Å²) in [6, 6.07) is 5.09. The summed E-state index contributed by atoms with van der Waals surface area (Å²) in [5, 5.41) is 6.34. The van der Waals surface area contributed by atoms with Gasteiger partial charge in [-0.3, -0.25) is 4.99 Å². The van der Waals surface area contributed by atoms with Crippen LogP contribution in [0.4, 0.5) is 4.39 Å². The van der Waals surface area contributed by atoms with Crippen LogP contribution < -0.4 is 15.4 Å². The predicted octanol–water partition coefficient (Wildman–Crippen LogP) is 3.48. The lowest BCUT2D eigenvalue weighted by Crippen LogP contribution is -2.38. The Morgan fingerprint density at radius 1 is 1.45 bits per heavy atom. The molecule has 0 saturated heterocycles. The van der Waals surface area contributed by atoms with Gasteiger partial charge >= 0.3 is 0 Å². The standard InChI is InChI=1S/C16H24FN3O.HI/c1-4-19-16(18-3)20-11(2)13-7-8-15(14(17)9-13)21-10-12-5-6-12;/h7-9,11-12H,4-6,10H2,1-3H3,(H2,18,19,20);1H. The summed E-state index contributed by atoms with van der Waals surface area (Å²) in [5.74, 6) is 1.36. The largest absolute Gasteiger partial charge is 0.490 e. The van der Waals surface area contributed by atoms with Crippen molar-refractivity contribution in [3.05, 3.63) is 29.6 Å². The zero-order chi connectivity index (χ0) is 15.2. The fourth-order valence-electron chi connectivity index (χ4n) is 2.05. The molecule has 1 aromatic rings. The molecule has 2 N–H and O–H groups in total. The van der Waals surface area contributed by atoms with Gasteiger partial charge in [0.05, 0.1) is 12.6 Å². The Kier molecular flexibility index (Phi) is 7.92. The maximum Gasteiger partial charge on any atom is 0.191 e. The minimum absolute atomic E-state index is 0. The molecule has 0 aliphatic heterocycles. The molecule has 0 aromatic heterocycles. The van der Waals surface area contributed by atoms with E-state index in [4.69, 9.17) is 4.74 Å². The number of benzene rings is 1. The van der Waals surface area contributed by atoms with E-state index in [9.17, 15) is 4.39 Å². The highest BCUT2D eigenvalue weighted by Crippen LogP contribution is 2.30. The van der Waals surface area contributed by atoms with Crippen LogP contribution in [0, 0.1) is 11.7 Å². The van der Waals surface area contributed by atoms with Crippen LogP contribution in [0.5, 0.6) is 5.75 Å². The normalized spacial score (nSPS) is 15.7. The lowest BCUT2D eigenvalue weighted by atomic mass is 10.1. The number of aliphatic imine (C=N–C) groups is 1. The molecule has 1 fully saturated rings. The Balaban J connectivity index is 0.00000242. The van der Waals surface area contributed by atoms with E-state index in [0.717, 1.165) is 12.1 Å². The van der Waals surface area contributed by atoms with E-state index in [1.807, 2.05) is 19.9 Å². The van der Waals surface area contributed by atoms with Gasteiger partial charge in [0.2, 0.25) is 0 Å². The van der Waals surface area contributed by atoms with Crippen molar-refractivity contribution in [2.45, 2.75) is 32.7 Å². The van der Waals surface area contributed by atoms with Gasteiger partial charge in [0.25, 0.3) is 0 Å². The molecule has 0 radical (unpaired) electrons. The van der Waals surface area contributed by atoms with Gasteiger partial charge < -0.3 is 15.4 Å². The Morgan fingerprint density at radius 3 is 2.73 bits per heavy atom. The molecule has 124 valence electrons. The second-order valence-corrected chi connectivity index (χ2v) is 5.41. The zero-order valence-electron chi connectivity index (χ0n) is 13.4. The summed E-state index contributed by atoms with van der Waals surface area (Å²) >= 11 is 0. The first kappa shape index (κ1) is 19.0. The van der Waals surface area contributed by atoms with Crippen LogP contribution in [0.15, 0.2) is 23.2 Å². The fourth-order valence-corrected chi connectivity index (χ4v) is 2.05. The minimum atomic E-state index is -0.305. The quantitative estimate of drug-likeness (QED) is 0.420. The summed E-state index contributed by atoms with van der Waals surface area (Å²) < 4.78 is 19.6. The number of hydrogen-bond donors (Lipinski definition) is 2. The molecule has 0 bridgehead atoms. The van der Waals surface area contributed by atoms with Crippen LogP contribution in [0.2, 0.25) is 0 Å². The number of guanidine groups is 1. The average molecular weight is 421 g/mol. The lowest BCUT2D eigenvalue weighted by molar-refractivity contribution is 0.285. The van der Waals surface area contributed by atoms with Gasteiger partial charge in [0, 0.05) is 13.6 Å². The first-order chi connectivity index (χ1) is 10.1. The third kappa shape index (κ3) is 5.62. The Bertz CT molecular complexity index is 506. The first-order valence-corrected chi connectivity index (χ1v) is 7.53. The van der Waals surface area contributed by atoms with Gasteiger partial charge in [-0.15, -0.1) is 24.0 Å². The molecule has 0 amide bonds. The van der Waals surface area contributed by atoms with Crippen molar-refractivity contribution < 1.29 is 9.13 Å². The molecule has 4 nitrogen and oxygen atoms in total. The molecule has 2 rings (SSSR count). The highest BCUT2D eigenvalue weighted by molar-refractivity contribution is 14.0. The number of halogens is 2. The van der Waals surface area contributed by atoms with E-state index in [-0.39, 0.29) is 35.8 Å². The van der Waals surface area contributed by atoms with Crippen LogP contribution in [-0.2, 0) is 0 Å². The van der Waals surface area contributed by atoms with Crippen molar-refractivity contribution in [2.24, 2.45) is 10.9 Å². The molecular formula is C16H25FIN3O. The highest BCUT2D eigenvalue weighted by Gasteiger charge is 2.22. The summed E-state index contributed by atoms with van der Waals surface area (Å²) in [6.45, 7) is 5.39. The summed E-state index contributed by atoms with van der Waals surface area (Å²) in [6.07, 6.45) is 2.40. The molecule has 0 spiro atoms. The number of nitrogens with zero attached hydrogens (tertiary/aromatic N) is 1. The monoisotopic (exact) mass is 421 g/mol. The number of hydrogen-bond acceptors (Lipinski definition) is 2. The topological polar surface area (TPSA) is 45.7 Å². The second kappa shape index (κ2) is 9.17. The first-order valence-electron chi connectivity index (χ1n) is 7.53. The molecule has 1 aliphatic carbocycles. The molecule has 0 heterocycles. The molecule has 1 atom stereocenters. The minimum Gasteiger partial charge on any atom is -0.490 e. The fraction of sp³-hybridized carbons (Fsp3) is 0.562. The molecule has 22 heavy (non-hydrogen) atoms. The summed E-state index contributed by atoms with van der Waals surface area (Å²) in [4.78, 5) is 4.12. The lowest BCUT2D eigenvalue weighted by Gasteiger charge is -2.18. The van der Waals surface area contributed by atoms with Crippen molar-refractivity contribution in [3.8, 4) is 5.75 Å². The van der Waals surface area contributed by atoms with E-state index in [1.54, 1.807) is 13.1 Å². The van der Waals surface area contributed by atoms with Crippen molar-refractivity contribution in [2.75, 3.05) is 20.2 Å². The van der Waals surface area contributed by atoms with Crippen LogP contribution in [0.3, 0.4) is 0 Å². The van der Waals surface area contributed by atoms with E-state index in [0.29, 0.717) is 24.2 Å². The van der Waals surface area contributed by atoms with E-state index < -0.39 is 0 Å². The van der Waals surface area contributed by atoms with E-state index in [1.165, 1.54) is 18.9 Å². The molecule has 6 heteroatoms. The van der Waals surface area contributed by atoms with E-state index in [2.05, 4.69) is 15.6 Å². The van der Waals surface area contributed by atoms with Crippen molar-refractivity contribution in [3.63, 3.8) is 0 Å². The molecular weight excluding hydrogens is 396 g/mol. The van der Waals surface area contributed by atoms with Crippen molar-refractivity contribution in [1.82, 2.24) is 10.6 Å². The SMILES string of the molecule is CCNC(=NC)NC(C)c1ccc(OCC2CC2)c(F)c1.I. The van der Waals surface area contributed by atoms with Crippen LogP contribution in [0.25, 0.3) is 0 Å². The Labute approximate surface area is 148 Å². The number of nitrogens with one attached hydrogen (secondary N) is 2. The van der Waals surface area contributed by atoms with Gasteiger partial charge in [-0.2, -0.15) is 0 Å². The Hall–Kier alpha value is -1.05. The maximum atomic E-state index is 14.1. The van der Waals surface area contributed by atoms with Gasteiger partial charge in [-0.25, -0.2) is 4.39 Å². The van der Waals surface area contributed by atoms with Crippen LogP contribution >= 0.6 is 24.0 Å². The Morgan fingerprint density at radius 2 is 2.18 bits per heavy atom. The smallest absolute Gasteiger partial charge is 0.191 e. The molecule has 1 aromatic carbocycles. The maximum absolute atomic E-state index is 14.1. The third-order valence-corrected chi connectivity index (χ3v) is 3.55. The zero-order valence-corrected chi connectivity index (χ0v) is 15.7. The highest BCUT2D eigenvalue weighted by atomic mass is 127. The second-order valence-electron chi connectivity index (χ2n) is 5.41. The average Bonchev–Trinajstić information content (AvgIpc) is 3.29. The van der Waals surface area contributed by atoms with Gasteiger partial charge in [-0.1, -0.05) is 6.07 Å². The molecule has 1 saturated carbocycles. The molecule has 1 aliphatic rings. The third-order valence-electron chi connectivity index (χ3n) is 3.55. The van der Waals surface area contributed by atoms with Crippen molar-refractivity contribution in [1.29, 1.82) is 0 Å². The number of rotatable bonds is 6. The summed E-state index contributed by atoms with van der Waals surface area (Å²) in [7, 11) is 1.72. The molecule has 1 unspecified atom stereocenters. The summed E-state index contributed by atoms with van der Waals surface area (Å²) in [5.41, 5.74) is 0.866. The van der Waals surface area contributed by atoms with Gasteiger partial charge in [0.15, 0.2) is 17.5 Å². The van der Waals surface area contributed by atoms with E-state index >= 15 is 0 Å². The van der Waals surface area contributed by atoms with Gasteiger partial charge in [-0.05, 0) is 50.3 Å². The van der Waals surface area contributed by atoms with Crippen LogP contribution in [-0.4, -0.2) is 26.2 Å². The van der Waals surface area contributed by atoms with Gasteiger partial charge in [0.1, 0.15) is 0 Å². The van der Waals surface area contributed by atoms with Crippen LogP contribution in [0.1, 0.15) is 38.3 Å².